The summed E-state index contributed by atoms with van der Waals surface area (Å²) in [6.45, 7) is 3.72. The summed E-state index contributed by atoms with van der Waals surface area (Å²) in [5.41, 5.74) is 0.670. The fraction of sp³-hybridized carbons (Fsp3) is 0.538. The summed E-state index contributed by atoms with van der Waals surface area (Å²) >= 11 is 6.37. The van der Waals surface area contributed by atoms with Crippen molar-refractivity contribution in [3.8, 4) is 5.75 Å². The predicted molar refractivity (Wildman–Crippen MR) is 75.5 cm³/mol. The van der Waals surface area contributed by atoms with E-state index in [1.54, 1.807) is 12.1 Å². The molecule has 7 heteroatoms. The lowest BCUT2D eigenvalue weighted by Gasteiger charge is -2.28. The lowest BCUT2D eigenvalue weighted by Crippen LogP contribution is -2.38. The van der Waals surface area contributed by atoms with Gasteiger partial charge in [-0.2, -0.15) is 0 Å². The Morgan fingerprint density at radius 3 is 2.80 bits per heavy atom. The average molecular weight is 301 g/mol. The van der Waals surface area contributed by atoms with Gasteiger partial charge < -0.3 is 9.47 Å². The van der Waals surface area contributed by atoms with Gasteiger partial charge in [0.2, 0.25) is 0 Å². The molecule has 1 aliphatic heterocycles. The molecule has 1 aliphatic rings. The summed E-state index contributed by atoms with van der Waals surface area (Å²) in [5.74, 6) is 0.244. The van der Waals surface area contributed by atoms with E-state index >= 15 is 0 Å². The van der Waals surface area contributed by atoms with E-state index in [1.807, 2.05) is 0 Å². The minimum atomic E-state index is -0.458. The summed E-state index contributed by atoms with van der Waals surface area (Å²) in [4.78, 5) is 12.7. The van der Waals surface area contributed by atoms with Crippen LogP contribution in [0.2, 0.25) is 0 Å². The van der Waals surface area contributed by atoms with Crippen LogP contribution in [0, 0.1) is 10.1 Å². The van der Waals surface area contributed by atoms with Gasteiger partial charge in [0.25, 0.3) is 0 Å². The van der Waals surface area contributed by atoms with E-state index in [0.717, 1.165) is 18.7 Å². The Morgan fingerprint density at radius 1 is 1.50 bits per heavy atom. The van der Waals surface area contributed by atoms with Crippen LogP contribution in [0.15, 0.2) is 18.2 Å². The van der Waals surface area contributed by atoms with Gasteiger partial charge in [0, 0.05) is 25.7 Å². The number of rotatable bonds is 5. The molecule has 0 aromatic heterocycles. The third-order valence-corrected chi connectivity index (χ3v) is 3.67. The number of alkyl halides is 1. The molecule has 0 saturated carbocycles. The maximum Gasteiger partial charge on any atom is 0.311 e. The molecular weight excluding hydrogens is 284 g/mol. The summed E-state index contributed by atoms with van der Waals surface area (Å²) in [6.07, 6.45) is 0. The van der Waals surface area contributed by atoms with Crippen LogP contribution in [-0.2, 0) is 4.74 Å². The SMILES string of the molecule is COc1ccc(C(Cl)CN2CCOCC2)cc1[N+](=O)[O-]. The fourth-order valence-corrected chi connectivity index (χ4v) is 2.49. The fourth-order valence-electron chi connectivity index (χ4n) is 2.16. The second-order valence-corrected chi connectivity index (χ2v) is 5.10. The number of nitrogens with zero attached hydrogens (tertiary/aromatic N) is 2. The van der Waals surface area contributed by atoms with Gasteiger partial charge in [0.1, 0.15) is 0 Å². The number of nitro benzene ring substituents is 1. The second-order valence-electron chi connectivity index (χ2n) is 4.57. The van der Waals surface area contributed by atoms with Gasteiger partial charge in [-0.25, -0.2) is 0 Å². The third kappa shape index (κ3) is 3.59. The molecule has 0 radical (unpaired) electrons. The standard InChI is InChI=1S/C13H17ClN2O4/c1-19-13-3-2-10(8-12(13)16(17)18)11(14)9-15-4-6-20-7-5-15/h2-3,8,11H,4-7,9H2,1H3. The Labute approximate surface area is 122 Å². The van der Waals surface area contributed by atoms with Crippen molar-refractivity contribution in [3.05, 3.63) is 33.9 Å². The summed E-state index contributed by atoms with van der Waals surface area (Å²) in [5, 5.41) is 10.7. The van der Waals surface area contributed by atoms with Crippen LogP contribution in [0.1, 0.15) is 10.9 Å². The first-order chi connectivity index (χ1) is 9.61. The van der Waals surface area contributed by atoms with E-state index in [-0.39, 0.29) is 16.8 Å². The van der Waals surface area contributed by atoms with Gasteiger partial charge in [-0.05, 0) is 11.6 Å². The zero-order chi connectivity index (χ0) is 14.5. The molecule has 0 bridgehead atoms. The van der Waals surface area contributed by atoms with E-state index in [9.17, 15) is 10.1 Å². The van der Waals surface area contributed by atoms with E-state index in [1.165, 1.54) is 13.2 Å². The topological polar surface area (TPSA) is 64.8 Å². The monoisotopic (exact) mass is 300 g/mol. The Morgan fingerprint density at radius 2 is 2.20 bits per heavy atom. The van der Waals surface area contributed by atoms with E-state index in [2.05, 4.69) is 4.90 Å². The quantitative estimate of drug-likeness (QED) is 0.474. The molecular formula is C13H17ClN2O4. The van der Waals surface area contributed by atoms with Gasteiger partial charge in [0.15, 0.2) is 5.75 Å². The number of methoxy groups -OCH3 is 1. The van der Waals surface area contributed by atoms with Gasteiger partial charge in [0.05, 0.1) is 30.6 Å². The molecule has 110 valence electrons. The van der Waals surface area contributed by atoms with Gasteiger partial charge in [-0.3, -0.25) is 15.0 Å². The maximum atomic E-state index is 11.0. The van der Waals surface area contributed by atoms with E-state index < -0.39 is 4.92 Å². The molecule has 0 spiro atoms. The molecule has 2 rings (SSSR count). The van der Waals surface area contributed by atoms with E-state index in [4.69, 9.17) is 21.1 Å². The summed E-state index contributed by atoms with van der Waals surface area (Å²) in [6, 6.07) is 4.84. The van der Waals surface area contributed by atoms with Gasteiger partial charge >= 0.3 is 5.69 Å². The molecule has 1 atom stereocenters. The average Bonchev–Trinajstić information content (AvgIpc) is 2.47. The normalized spacial score (nSPS) is 17.7. The molecule has 0 aliphatic carbocycles. The first kappa shape index (κ1) is 15.0. The number of nitro groups is 1. The van der Waals surface area contributed by atoms with Crippen LogP contribution >= 0.6 is 11.6 Å². The van der Waals surface area contributed by atoms with E-state index in [0.29, 0.717) is 19.8 Å². The number of hydrogen-bond acceptors (Lipinski definition) is 5. The highest BCUT2D eigenvalue weighted by Gasteiger charge is 2.21. The number of morpholine rings is 1. The molecule has 1 saturated heterocycles. The second kappa shape index (κ2) is 6.88. The molecule has 20 heavy (non-hydrogen) atoms. The smallest absolute Gasteiger partial charge is 0.311 e. The predicted octanol–water partition coefficient (Wildman–Crippen LogP) is 2.22. The van der Waals surface area contributed by atoms with Crippen LogP contribution in [0.25, 0.3) is 0 Å². The van der Waals surface area contributed by atoms with Crippen molar-refractivity contribution in [2.24, 2.45) is 0 Å². The van der Waals surface area contributed by atoms with Crippen LogP contribution in [0.4, 0.5) is 5.69 Å². The zero-order valence-corrected chi connectivity index (χ0v) is 12.0. The number of hydrogen-bond donors (Lipinski definition) is 0. The minimum Gasteiger partial charge on any atom is -0.490 e. The summed E-state index contributed by atoms with van der Waals surface area (Å²) < 4.78 is 10.3. The largest absolute Gasteiger partial charge is 0.490 e. The molecule has 6 nitrogen and oxygen atoms in total. The van der Waals surface area contributed by atoms with Crippen LogP contribution in [-0.4, -0.2) is 49.8 Å². The molecule has 0 amide bonds. The zero-order valence-electron chi connectivity index (χ0n) is 11.3. The number of benzene rings is 1. The Kier molecular flexibility index (Phi) is 5.17. The van der Waals surface area contributed by atoms with Gasteiger partial charge in [-0.15, -0.1) is 11.6 Å². The molecule has 0 N–H and O–H groups in total. The van der Waals surface area contributed by atoms with Crippen molar-refractivity contribution < 1.29 is 14.4 Å². The Bertz CT molecular complexity index is 477. The number of halogens is 1. The lowest BCUT2D eigenvalue weighted by atomic mass is 10.1. The van der Waals surface area contributed by atoms with Crippen LogP contribution in [0.5, 0.6) is 5.75 Å². The summed E-state index contributed by atoms with van der Waals surface area (Å²) in [7, 11) is 1.41. The molecule has 1 fully saturated rings. The first-order valence-electron chi connectivity index (χ1n) is 6.38. The molecule has 1 aromatic carbocycles. The molecule has 1 heterocycles. The van der Waals surface area contributed by atoms with Crippen molar-refractivity contribution in [2.75, 3.05) is 40.0 Å². The maximum absolute atomic E-state index is 11.0. The highest BCUT2D eigenvalue weighted by molar-refractivity contribution is 6.21. The lowest BCUT2D eigenvalue weighted by molar-refractivity contribution is -0.385. The van der Waals surface area contributed by atoms with Crippen LogP contribution < -0.4 is 4.74 Å². The van der Waals surface area contributed by atoms with Crippen molar-refractivity contribution >= 4 is 17.3 Å². The Balaban J connectivity index is 2.10. The van der Waals surface area contributed by atoms with Crippen LogP contribution in [0.3, 0.4) is 0 Å². The molecule has 1 unspecified atom stereocenters. The van der Waals surface area contributed by atoms with Crippen molar-refractivity contribution in [3.63, 3.8) is 0 Å². The highest BCUT2D eigenvalue weighted by Crippen LogP contribution is 2.32. The van der Waals surface area contributed by atoms with Crippen molar-refractivity contribution in [2.45, 2.75) is 5.38 Å². The minimum absolute atomic E-state index is 0.0578. The Hall–Kier alpha value is -1.37. The van der Waals surface area contributed by atoms with Crippen molar-refractivity contribution in [1.82, 2.24) is 4.90 Å². The first-order valence-corrected chi connectivity index (χ1v) is 6.82. The van der Waals surface area contributed by atoms with Gasteiger partial charge in [-0.1, -0.05) is 6.07 Å². The third-order valence-electron chi connectivity index (χ3n) is 3.28. The number of ether oxygens (including phenoxy) is 2. The van der Waals surface area contributed by atoms with Crippen molar-refractivity contribution in [1.29, 1.82) is 0 Å². The highest BCUT2D eigenvalue weighted by atomic mass is 35.5. The molecule has 1 aromatic rings.